The lowest BCUT2D eigenvalue weighted by atomic mass is 9.91. The number of hydrogen-bond acceptors (Lipinski definition) is 2. The summed E-state index contributed by atoms with van der Waals surface area (Å²) in [5.74, 6) is 1.37. The minimum atomic E-state index is 0.438. The fraction of sp³-hybridized carbons (Fsp3) is 0.500. The van der Waals surface area contributed by atoms with Gasteiger partial charge in [-0.15, -0.1) is 0 Å². The van der Waals surface area contributed by atoms with Gasteiger partial charge < -0.3 is 10.6 Å². The number of thiocarbonyl (C=S) groups is 1. The second-order valence-corrected chi connectivity index (χ2v) is 6.25. The lowest BCUT2D eigenvalue weighted by molar-refractivity contribution is 0.357. The Kier molecular flexibility index (Phi) is 4.13. The zero-order valence-corrected chi connectivity index (χ0v) is 12.4. The van der Waals surface area contributed by atoms with Crippen molar-refractivity contribution in [1.29, 1.82) is 0 Å². The molecule has 0 radical (unpaired) electrons. The largest absolute Gasteiger partial charge is 0.389 e. The van der Waals surface area contributed by atoms with E-state index < -0.39 is 0 Å². The SMILES string of the molecule is CC1CC(C)CN(c2cc(Cl)ccc2C(N)=S)C1. The Morgan fingerprint density at radius 1 is 1.33 bits per heavy atom. The van der Waals surface area contributed by atoms with Crippen LogP contribution in [-0.4, -0.2) is 18.1 Å². The molecule has 4 heteroatoms. The highest BCUT2D eigenvalue weighted by atomic mass is 35.5. The standard InChI is InChI=1S/C14H19ClN2S/c1-9-5-10(2)8-17(7-9)13-6-11(15)3-4-12(13)14(16)18/h3-4,6,9-10H,5,7-8H2,1-2H3,(H2,16,18). The molecule has 0 aliphatic carbocycles. The molecule has 0 bridgehead atoms. The molecule has 1 aromatic rings. The van der Waals surface area contributed by atoms with Gasteiger partial charge in [0.15, 0.2) is 0 Å². The second kappa shape index (κ2) is 5.45. The first-order valence-electron chi connectivity index (χ1n) is 6.31. The van der Waals surface area contributed by atoms with Crippen molar-refractivity contribution < 1.29 is 0 Å². The van der Waals surface area contributed by atoms with Crippen LogP contribution in [0.25, 0.3) is 0 Å². The maximum absolute atomic E-state index is 6.10. The predicted octanol–water partition coefficient (Wildman–Crippen LogP) is 3.46. The molecule has 2 rings (SSSR count). The molecular formula is C14H19ClN2S. The lowest BCUT2D eigenvalue weighted by Crippen LogP contribution is -2.39. The van der Waals surface area contributed by atoms with Gasteiger partial charge in [0, 0.05) is 29.4 Å². The molecule has 1 aliphatic heterocycles. The summed E-state index contributed by atoms with van der Waals surface area (Å²) < 4.78 is 0. The van der Waals surface area contributed by atoms with Gasteiger partial charge in [0.1, 0.15) is 4.99 Å². The van der Waals surface area contributed by atoms with E-state index >= 15 is 0 Å². The van der Waals surface area contributed by atoms with E-state index in [0.717, 1.165) is 29.4 Å². The molecule has 0 saturated carbocycles. The molecule has 0 spiro atoms. The molecule has 98 valence electrons. The van der Waals surface area contributed by atoms with Crippen molar-refractivity contribution in [3.63, 3.8) is 0 Å². The van der Waals surface area contributed by atoms with Crippen LogP contribution in [0.5, 0.6) is 0 Å². The molecule has 1 fully saturated rings. The van der Waals surface area contributed by atoms with E-state index in [1.54, 1.807) is 0 Å². The second-order valence-electron chi connectivity index (χ2n) is 5.38. The van der Waals surface area contributed by atoms with Gasteiger partial charge in [-0.1, -0.05) is 37.7 Å². The number of rotatable bonds is 2. The van der Waals surface area contributed by atoms with Crippen LogP contribution >= 0.6 is 23.8 Å². The van der Waals surface area contributed by atoms with Crippen LogP contribution in [0, 0.1) is 11.8 Å². The summed E-state index contributed by atoms with van der Waals surface area (Å²) in [5.41, 5.74) is 7.81. The fourth-order valence-electron chi connectivity index (χ4n) is 2.83. The van der Waals surface area contributed by atoms with Crippen molar-refractivity contribution >= 4 is 34.5 Å². The summed E-state index contributed by atoms with van der Waals surface area (Å²) in [6, 6.07) is 5.74. The van der Waals surface area contributed by atoms with Crippen LogP contribution in [0.2, 0.25) is 5.02 Å². The summed E-state index contributed by atoms with van der Waals surface area (Å²) in [5, 5.41) is 0.732. The van der Waals surface area contributed by atoms with Gasteiger partial charge in [-0.3, -0.25) is 0 Å². The number of benzene rings is 1. The predicted molar refractivity (Wildman–Crippen MR) is 82.5 cm³/mol. The Morgan fingerprint density at radius 3 is 2.50 bits per heavy atom. The third-order valence-electron chi connectivity index (χ3n) is 3.43. The van der Waals surface area contributed by atoms with Gasteiger partial charge in [0.25, 0.3) is 0 Å². The lowest BCUT2D eigenvalue weighted by Gasteiger charge is -2.37. The van der Waals surface area contributed by atoms with Crippen LogP contribution in [-0.2, 0) is 0 Å². The first-order valence-corrected chi connectivity index (χ1v) is 7.10. The number of nitrogens with zero attached hydrogens (tertiary/aromatic N) is 1. The van der Waals surface area contributed by atoms with Crippen LogP contribution < -0.4 is 10.6 Å². The van der Waals surface area contributed by atoms with Crippen LogP contribution in [0.4, 0.5) is 5.69 Å². The number of halogens is 1. The van der Waals surface area contributed by atoms with Crippen molar-refractivity contribution in [1.82, 2.24) is 0 Å². The molecule has 0 aromatic heterocycles. The highest BCUT2D eigenvalue weighted by molar-refractivity contribution is 7.80. The normalized spacial score (nSPS) is 24.1. The molecule has 1 aliphatic rings. The Hall–Kier alpha value is -0.800. The van der Waals surface area contributed by atoms with E-state index in [9.17, 15) is 0 Å². The molecule has 1 aromatic carbocycles. The van der Waals surface area contributed by atoms with Gasteiger partial charge in [0.05, 0.1) is 0 Å². The maximum Gasteiger partial charge on any atom is 0.106 e. The molecular weight excluding hydrogens is 264 g/mol. The van der Waals surface area contributed by atoms with E-state index in [2.05, 4.69) is 18.7 Å². The number of anilines is 1. The minimum Gasteiger partial charge on any atom is -0.389 e. The van der Waals surface area contributed by atoms with Crippen LogP contribution in [0.1, 0.15) is 25.8 Å². The minimum absolute atomic E-state index is 0.438. The highest BCUT2D eigenvalue weighted by Gasteiger charge is 2.24. The van der Waals surface area contributed by atoms with Crippen molar-refractivity contribution in [2.45, 2.75) is 20.3 Å². The number of nitrogens with two attached hydrogens (primary N) is 1. The van der Waals surface area contributed by atoms with E-state index in [-0.39, 0.29) is 0 Å². The number of hydrogen-bond donors (Lipinski definition) is 1. The zero-order chi connectivity index (χ0) is 13.3. The molecule has 2 unspecified atom stereocenters. The smallest absolute Gasteiger partial charge is 0.106 e. The average molecular weight is 283 g/mol. The monoisotopic (exact) mass is 282 g/mol. The molecule has 1 heterocycles. The molecule has 2 N–H and O–H groups in total. The van der Waals surface area contributed by atoms with Crippen LogP contribution in [0.15, 0.2) is 18.2 Å². The summed E-state index contributed by atoms with van der Waals surface area (Å²) in [6.07, 6.45) is 1.28. The zero-order valence-electron chi connectivity index (χ0n) is 10.8. The summed E-state index contributed by atoms with van der Waals surface area (Å²) in [6.45, 7) is 6.65. The van der Waals surface area contributed by atoms with E-state index in [1.807, 2.05) is 18.2 Å². The molecule has 2 atom stereocenters. The number of piperidine rings is 1. The third-order valence-corrected chi connectivity index (χ3v) is 3.89. The molecule has 1 saturated heterocycles. The van der Waals surface area contributed by atoms with Gasteiger partial charge in [-0.25, -0.2) is 0 Å². The Balaban J connectivity index is 2.36. The van der Waals surface area contributed by atoms with E-state index in [1.165, 1.54) is 6.42 Å². The maximum atomic E-state index is 6.10. The van der Waals surface area contributed by atoms with Gasteiger partial charge >= 0.3 is 0 Å². The summed E-state index contributed by atoms with van der Waals surface area (Å²) >= 11 is 11.2. The Morgan fingerprint density at radius 2 is 1.94 bits per heavy atom. The molecule has 0 amide bonds. The van der Waals surface area contributed by atoms with Crippen molar-refractivity contribution in [3.05, 3.63) is 28.8 Å². The summed E-state index contributed by atoms with van der Waals surface area (Å²) in [7, 11) is 0. The summed E-state index contributed by atoms with van der Waals surface area (Å²) in [4.78, 5) is 2.80. The van der Waals surface area contributed by atoms with Crippen molar-refractivity contribution in [2.75, 3.05) is 18.0 Å². The van der Waals surface area contributed by atoms with E-state index in [4.69, 9.17) is 29.6 Å². The van der Waals surface area contributed by atoms with Crippen LogP contribution in [0.3, 0.4) is 0 Å². The van der Waals surface area contributed by atoms with Crippen molar-refractivity contribution in [3.8, 4) is 0 Å². The third kappa shape index (κ3) is 2.96. The fourth-order valence-corrected chi connectivity index (χ4v) is 3.17. The van der Waals surface area contributed by atoms with Gasteiger partial charge in [0.2, 0.25) is 0 Å². The topological polar surface area (TPSA) is 29.3 Å². The highest BCUT2D eigenvalue weighted by Crippen LogP contribution is 2.30. The van der Waals surface area contributed by atoms with E-state index in [0.29, 0.717) is 16.8 Å². The average Bonchev–Trinajstić information content (AvgIpc) is 2.27. The van der Waals surface area contributed by atoms with Gasteiger partial charge in [-0.2, -0.15) is 0 Å². The van der Waals surface area contributed by atoms with Gasteiger partial charge in [-0.05, 0) is 36.5 Å². The van der Waals surface area contributed by atoms with Crippen molar-refractivity contribution in [2.24, 2.45) is 17.6 Å². The quantitative estimate of drug-likeness (QED) is 0.843. The Labute approximate surface area is 119 Å². The molecule has 18 heavy (non-hydrogen) atoms. The first-order chi connectivity index (χ1) is 8.47. The molecule has 2 nitrogen and oxygen atoms in total. The first kappa shape index (κ1) is 13.6. The Bertz CT molecular complexity index is 451.